The van der Waals surface area contributed by atoms with Crippen LogP contribution in [0, 0.1) is 5.92 Å². The monoisotopic (exact) mass is 283 g/mol. The van der Waals surface area contributed by atoms with E-state index in [0.29, 0.717) is 0 Å². The lowest BCUT2D eigenvalue weighted by Crippen LogP contribution is -2.21. The lowest BCUT2D eigenvalue weighted by Gasteiger charge is -2.21. The van der Waals surface area contributed by atoms with Gasteiger partial charge in [-0.15, -0.1) is 0 Å². The van der Waals surface area contributed by atoms with Gasteiger partial charge < -0.3 is 10.2 Å². The Morgan fingerprint density at radius 1 is 1.33 bits per heavy atom. The molecule has 0 radical (unpaired) electrons. The zero-order valence-corrected chi connectivity index (χ0v) is 13.1. The number of hydrogen-bond acceptors (Lipinski definition) is 3. The maximum absolute atomic E-state index is 4.81. The molecule has 3 rings (SSSR count). The number of fused-ring (bicyclic) bond motifs is 1. The van der Waals surface area contributed by atoms with Gasteiger partial charge in [-0.3, -0.25) is 4.98 Å². The summed E-state index contributed by atoms with van der Waals surface area (Å²) in [6.45, 7) is 8.76. The number of hydrogen-bond donors (Lipinski definition) is 1. The van der Waals surface area contributed by atoms with Crippen LogP contribution in [0.1, 0.15) is 32.4 Å². The molecule has 1 saturated heterocycles. The Hall–Kier alpha value is -1.61. The van der Waals surface area contributed by atoms with Gasteiger partial charge in [-0.2, -0.15) is 0 Å². The highest BCUT2D eigenvalue weighted by molar-refractivity contribution is 5.92. The highest BCUT2D eigenvalue weighted by Gasteiger charge is 2.21. The van der Waals surface area contributed by atoms with E-state index < -0.39 is 0 Å². The van der Waals surface area contributed by atoms with Gasteiger partial charge >= 0.3 is 0 Å². The number of anilines is 1. The fourth-order valence-corrected chi connectivity index (χ4v) is 3.11. The molecule has 1 aliphatic heterocycles. The predicted octanol–water partition coefficient (Wildman–Crippen LogP) is 3.58. The van der Waals surface area contributed by atoms with Crippen molar-refractivity contribution >= 4 is 16.6 Å². The molecule has 2 aromatic rings. The van der Waals surface area contributed by atoms with Crippen molar-refractivity contribution in [2.75, 3.05) is 24.5 Å². The van der Waals surface area contributed by atoms with Gasteiger partial charge in [-0.25, -0.2) is 0 Å². The van der Waals surface area contributed by atoms with Gasteiger partial charge in [0, 0.05) is 30.7 Å². The standard InChI is InChI=1S/C18H25N3/c1-3-9-19-12-15-11-18(21-10-8-14(2)13-21)16-6-4-5-7-17(16)20-15/h4-7,11,14,19H,3,8-10,12-13H2,1-2H3. The van der Waals surface area contributed by atoms with Gasteiger partial charge in [0.25, 0.3) is 0 Å². The Labute approximate surface area is 127 Å². The molecule has 1 N–H and O–H groups in total. The molecule has 3 heteroatoms. The van der Waals surface area contributed by atoms with Crippen molar-refractivity contribution in [2.24, 2.45) is 5.92 Å². The van der Waals surface area contributed by atoms with Crippen molar-refractivity contribution in [1.29, 1.82) is 0 Å². The normalized spacial score (nSPS) is 18.6. The highest BCUT2D eigenvalue weighted by atomic mass is 15.2. The molecule has 0 amide bonds. The molecule has 1 aliphatic rings. The summed E-state index contributed by atoms with van der Waals surface area (Å²) in [5.41, 5.74) is 3.62. The van der Waals surface area contributed by atoms with Crippen LogP contribution in [0.15, 0.2) is 30.3 Å². The summed E-state index contributed by atoms with van der Waals surface area (Å²) in [6, 6.07) is 10.8. The molecule has 0 aliphatic carbocycles. The lowest BCUT2D eigenvalue weighted by molar-refractivity contribution is 0.658. The number of nitrogens with zero attached hydrogens (tertiary/aromatic N) is 2. The van der Waals surface area contributed by atoms with Crippen LogP contribution in [-0.2, 0) is 6.54 Å². The van der Waals surface area contributed by atoms with E-state index in [1.54, 1.807) is 0 Å². The Morgan fingerprint density at radius 3 is 2.95 bits per heavy atom. The minimum Gasteiger partial charge on any atom is -0.371 e. The van der Waals surface area contributed by atoms with Crippen LogP contribution < -0.4 is 10.2 Å². The zero-order valence-electron chi connectivity index (χ0n) is 13.1. The fraction of sp³-hybridized carbons (Fsp3) is 0.500. The van der Waals surface area contributed by atoms with E-state index in [9.17, 15) is 0 Å². The van der Waals surface area contributed by atoms with Crippen molar-refractivity contribution < 1.29 is 0 Å². The molecule has 1 aromatic carbocycles. The number of rotatable bonds is 5. The number of aromatic nitrogens is 1. The third-order valence-electron chi connectivity index (χ3n) is 4.24. The molecule has 21 heavy (non-hydrogen) atoms. The third kappa shape index (κ3) is 3.18. The van der Waals surface area contributed by atoms with Gasteiger partial charge in [-0.05, 0) is 37.4 Å². The van der Waals surface area contributed by atoms with E-state index in [1.165, 1.54) is 17.5 Å². The van der Waals surface area contributed by atoms with Gasteiger partial charge in [0.05, 0.1) is 11.2 Å². The van der Waals surface area contributed by atoms with Crippen molar-refractivity contribution in [3.05, 3.63) is 36.0 Å². The molecular formula is C18H25N3. The second kappa shape index (κ2) is 6.44. The average Bonchev–Trinajstić information content (AvgIpc) is 2.93. The third-order valence-corrected chi connectivity index (χ3v) is 4.24. The number of para-hydroxylation sites is 1. The molecule has 1 aromatic heterocycles. The fourth-order valence-electron chi connectivity index (χ4n) is 3.11. The predicted molar refractivity (Wildman–Crippen MR) is 89.7 cm³/mol. The molecule has 0 saturated carbocycles. The van der Waals surface area contributed by atoms with Crippen LogP contribution in [0.2, 0.25) is 0 Å². The number of pyridine rings is 1. The largest absolute Gasteiger partial charge is 0.371 e. The summed E-state index contributed by atoms with van der Waals surface area (Å²) in [5, 5.41) is 4.74. The summed E-state index contributed by atoms with van der Waals surface area (Å²) in [4.78, 5) is 7.33. The minimum atomic E-state index is 0.790. The first-order valence-electron chi connectivity index (χ1n) is 8.12. The first kappa shape index (κ1) is 14.3. The maximum Gasteiger partial charge on any atom is 0.0726 e. The summed E-state index contributed by atoms with van der Waals surface area (Å²) < 4.78 is 0. The van der Waals surface area contributed by atoms with Gasteiger partial charge in [-0.1, -0.05) is 32.0 Å². The quantitative estimate of drug-likeness (QED) is 0.850. The van der Waals surface area contributed by atoms with E-state index in [-0.39, 0.29) is 0 Å². The molecule has 0 spiro atoms. The van der Waals surface area contributed by atoms with E-state index in [0.717, 1.165) is 49.7 Å². The van der Waals surface area contributed by atoms with Crippen LogP contribution in [0.25, 0.3) is 10.9 Å². The molecule has 3 nitrogen and oxygen atoms in total. The van der Waals surface area contributed by atoms with Crippen LogP contribution in [-0.4, -0.2) is 24.6 Å². The molecular weight excluding hydrogens is 258 g/mol. The number of benzene rings is 1. The second-order valence-electron chi connectivity index (χ2n) is 6.17. The second-order valence-corrected chi connectivity index (χ2v) is 6.17. The number of nitrogens with one attached hydrogen (secondary N) is 1. The molecule has 1 atom stereocenters. The zero-order chi connectivity index (χ0) is 14.7. The Kier molecular flexibility index (Phi) is 4.39. The van der Waals surface area contributed by atoms with E-state index in [1.807, 2.05) is 0 Å². The van der Waals surface area contributed by atoms with Crippen LogP contribution in [0.4, 0.5) is 5.69 Å². The maximum atomic E-state index is 4.81. The average molecular weight is 283 g/mol. The topological polar surface area (TPSA) is 28.2 Å². The SMILES string of the molecule is CCCNCc1cc(N2CCC(C)C2)c2ccccc2n1. The van der Waals surface area contributed by atoms with Crippen LogP contribution in [0.5, 0.6) is 0 Å². The summed E-state index contributed by atoms with van der Waals surface area (Å²) in [5.74, 6) is 0.790. The van der Waals surface area contributed by atoms with Crippen molar-refractivity contribution in [3.63, 3.8) is 0 Å². The van der Waals surface area contributed by atoms with Crippen molar-refractivity contribution in [3.8, 4) is 0 Å². The van der Waals surface area contributed by atoms with Crippen molar-refractivity contribution in [1.82, 2.24) is 10.3 Å². The smallest absolute Gasteiger partial charge is 0.0726 e. The molecule has 0 bridgehead atoms. The van der Waals surface area contributed by atoms with E-state index in [4.69, 9.17) is 4.98 Å². The van der Waals surface area contributed by atoms with Gasteiger partial charge in [0.2, 0.25) is 0 Å². The van der Waals surface area contributed by atoms with Crippen LogP contribution >= 0.6 is 0 Å². The van der Waals surface area contributed by atoms with Crippen molar-refractivity contribution in [2.45, 2.75) is 33.2 Å². The lowest BCUT2D eigenvalue weighted by atomic mass is 10.1. The van der Waals surface area contributed by atoms with E-state index in [2.05, 4.69) is 54.4 Å². The molecule has 2 heterocycles. The molecule has 1 fully saturated rings. The Balaban J connectivity index is 1.95. The van der Waals surface area contributed by atoms with E-state index >= 15 is 0 Å². The Bertz CT molecular complexity index is 608. The van der Waals surface area contributed by atoms with Crippen LogP contribution in [0.3, 0.4) is 0 Å². The van der Waals surface area contributed by atoms with Gasteiger partial charge in [0.1, 0.15) is 0 Å². The highest BCUT2D eigenvalue weighted by Crippen LogP contribution is 2.30. The molecule has 112 valence electrons. The van der Waals surface area contributed by atoms with Gasteiger partial charge in [0.15, 0.2) is 0 Å². The minimum absolute atomic E-state index is 0.790. The first-order chi connectivity index (χ1) is 10.3. The first-order valence-corrected chi connectivity index (χ1v) is 8.12. The summed E-state index contributed by atoms with van der Waals surface area (Å²) in [7, 11) is 0. The molecule has 1 unspecified atom stereocenters. The Morgan fingerprint density at radius 2 is 2.19 bits per heavy atom. The summed E-state index contributed by atoms with van der Waals surface area (Å²) in [6.07, 6.45) is 2.45. The summed E-state index contributed by atoms with van der Waals surface area (Å²) >= 11 is 0.